The molecule has 1 aliphatic heterocycles. The minimum Gasteiger partial charge on any atom is -0.461 e. The van der Waals surface area contributed by atoms with Crippen LogP contribution < -0.4 is 0 Å². The first-order chi connectivity index (χ1) is 12.2. The summed E-state index contributed by atoms with van der Waals surface area (Å²) in [5.74, 6) is 0.864. The molecule has 0 aromatic carbocycles. The molecule has 0 aromatic rings. The van der Waals surface area contributed by atoms with Crippen molar-refractivity contribution in [2.24, 2.45) is 17.3 Å². The number of hydrogen-bond acceptors (Lipinski definition) is 4. The lowest BCUT2D eigenvalue weighted by atomic mass is 9.49. The predicted octanol–water partition coefficient (Wildman–Crippen LogP) is 4.39. The van der Waals surface area contributed by atoms with Crippen molar-refractivity contribution in [1.82, 2.24) is 0 Å². The van der Waals surface area contributed by atoms with Crippen LogP contribution in [0.2, 0.25) is 0 Å². The van der Waals surface area contributed by atoms with Gasteiger partial charge in [-0.2, -0.15) is 0 Å². The van der Waals surface area contributed by atoms with Gasteiger partial charge in [-0.3, -0.25) is 9.59 Å². The molecule has 5 atom stereocenters. The van der Waals surface area contributed by atoms with Crippen LogP contribution in [0.1, 0.15) is 66.2 Å². The lowest BCUT2D eigenvalue weighted by molar-refractivity contribution is -0.142. The van der Waals surface area contributed by atoms with Gasteiger partial charge in [0.05, 0.1) is 11.7 Å². The molecule has 26 heavy (non-hydrogen) atoms. The SMILES string of the molecule is C=C1CC[C@H]2O[C@@]2(C)CC[C@@H]2[C@@H]1C[C@]2(C)C(=O)C/C=C(\C)COC(C)=O. The molecule has 0 radical (unpaired) electrons. The summed E-state index contributed by atoms with van der Waals surface area (Å²) in [5, 5.41) is 0. The monoisotopic (exact) mass is 360 g/mol. The second-order valence-electron chi connectivity index (χ2n) is 8.95. The average molecular weight is 360 g/mol. The maximum absolute atomic E-state index is 13.0. The summed E-state index contributed by atoms with van der Waals surface area (Å²) in [4.78, 5) is 23.9. The molecule has 1 heterocycles. The van der Waals surface area contributed by atoms with Gasteiger partial charge >= 0.3 is 5.97 Å². The van der Waals surface area contributed by atoms with Crippen LogP contribution in [0, 0.1) is 17.3 Å². The van der Waals surface area contributed by atoms with E-state index in [0.717, 1.165) is 37.7 Å². The minimum atomic E-state index is -0.295. The molecule has 3 rings (SSSR count). The number of epoxide rings is 1. The number of ether oxygens (including phenoxy) is 2. The van der Waals surface area contributed by atoms with Crippen LogP contribution in [0.3, 0.4) is 0 Å². The second-order valence-corrected chi connectivity index (χ2v) is 8.95. The van der Waals surface area contributed by atoms with E-state index < -0.39 is 0 Å². The van der Waals surface area contributed by atoms with Gasteiger partial charge in [0.15, 0.2) is 0 Å². The zero-order chi connectivity index (χ0) is 19.1. The predicted molar refractivity (Wildman–Crippen MR) is 101 cm³/mol. The van der Waals surface area contributed by atoms with Crippen LogP contribution in [0.15, 0.2) is 23.8 Å². The first-order valence-corrected chi connectivity index (χ1v) is 9.83. The van der Waals surface area contributed by atoms with E-state index in [1.165, 1.54) is 12.5 Å². The van der Waals surface area contributed by atoms with Crippen molar-refractivity contribution in [2.45, 2.75) is 77.9 Å². The normalized spacial score (nSPS) is 39.5. The molecule has 0 unspecified atom stereocenters. The minimum absolute atomic E-state index is 0.0231. The second kappa shape index (κ2) is 6.95. The largest absolute Gasteiger partial charge is 0.461 e. The number of esters is 1. The molecular formula is C22H32O4. The molecule has 0 bridgehead atoms. The highest BCUT2D eigenvalue weighted by molar-refractivity contribution is 5.87. The van der Waals surface area contributed by atoms with Gasteiger partial charge in [-0.1, -0.05) is 25.2 Å². The smallest absolute Gasteiger partial charge is 0.302 e. The number of carbonyl (C=O) groups excluding carboxylic acids is 2. The molecule has 2 aliphatic carbocycles. The number of rotatable bonds is 5. The summed E-state index contributed by atoms with van der Waals surface area (Å²) in [6, 6.07) is 0. The fraction of sp³-hybridized carbons (Fsp3) is 0.727. The lowest BCUT2D eigenvalue weighted by Gasteiger charge is -2.53. The Balaban J connectivity index is 1.63. The molecule has 4 nitrogen and oxygen atoms in total. The summed E-state index contributed by atoms with van der Waals surface area (Å²) in [6.07, 6.45) is 7.80. The Hall–Kier alpha value is -1.42. The maximum Gasteiger partial charge on any atom is 0.302 e. The summed E-state index contributed by atoms with van der Waals surface area (Å²) in [5.41, 5.74) is 1.99. The van der Waals surface area contributed by atoms with Crippen molar-refractivity contribution >= 4 is 11.8 Å². The lowest BCUT2D eigenvalue weighted by Crippen LogP contribution is -2.51. The molecule has 0 N–H and O–H groups in total. The van der Waals surface area contributed by atoms with Crippen molar-refractivity contribution in [1.29, 1.82) is 0 Å². The summed E-state index contributed by atoms with van der Waals surface area (Å²) in [7, 11) is 0. The molecule has 144 valence electrons. The number of allylic oxidation sites excluding steroid dienone is 2. The van der Waals surface area contributed by atoms with Crippen LogP contribution in [0.25, 0.3) is 0 Å². The van der Waals surface area contributed by atoms with Crippen molar-refractivity contribution in [3.05, 3.63) is 23.8 Å². The van der Waals surface area contributed by atoms with Crippen LogP contribution in [0.4, 0.5) is 0 Å². The fourth-order valence-corrected chi connectivity index (χ4v) is 4.90. The van der Waals surface area contributed by atoms with E-state index in [1.807, 2.05) is 13.0 Å². The molecule has 3 fully saturated rings. The van der Waals surface area contributed by atoms with E-state index in [2.05, 4.69) is 20.4 Å². The summed E-state index contributed by atoms with van der Waals surface area (Å²) < 4.78 is 10.9. The van der Waals surface area contributed by atoms with Crippen molar-refractivity contribution in [2.75, 3.05) is 6.61 Å². The van der Waals surface area contributed by atoms with Gasteiger partial charge in [-0.05, 0) is 63.4 Å². The van der Waals surface area contributed by atoms with E-state index in [9.17, 15) is 9.59 Å². The highest BCUT2D eigenvalue weighted by Crippen LogP contribution is 2.60. The van der Waals surface area contributed by atoms with Crippen LogP contribution >= 0.6 is 0 Å². The summed E-state index contributed by atoms with van der Waals surface area (Å²) in [6.45, 7) is 12.2. The Morgan fingerprint density at radius 2 is 2.04 bits per heavy atom. The van der Waals surface area contributed by atoms with Gasteiger partial charge in [-0.15, -0.1) is 0 Å². The molecule has 3 aliphatic rings. The van der Waals surface area contributed by atoms with Gasteiger partial charge in [0.1, 0.15) is 12.4 Å². The third-order valence-electron chi connectivity index (χ3n) is 6.96. The highest BCUT2D eigenvalue weighted by atomic mass is 16.6. The highest BCUT2D eigenvalue weighted by Gasteiger charge is 2.58. The Morgan fingerprint density at radius 3 is 2.73 bits per heavy atom. The van der Waals surface area contributed by atoms with Crippen LogP contribution in [0.5, 0.6) is 0 Å². The van der Waals surface area contributed by atoms with E-state index in [-0.39, 0.29) is 23.6 Å². The molecule has 1 saturated heterocycles. The van der Waals surface area contributed by atoms with Crippen molar-refractivity contribution < 1.29 is 19.1 Å². The summed E-state index contributed by atoms with van der Waals surface area (Å²) >= 11 is 0. The zero-order valence-electron chi connectivity index (χ0n) is 16.6. The number of hydrogen-bond donors (Lipinski definition) is 0. The Labute approximate surface area is 157 Å². The third kappa shape index (κ3) is 3.66. The van der Waals surface area contributed by atoms with Gasteiger partial charge in [-0.25, -0.2) is 0 Å². The number of ketones is 1. The van der Waals surface area contributed by atoms with E-state index in [4.69, 9.17) is 9.47 Å². The number of carbonyl (C=O) groups is 2. The Kier molecular flexibility index (Phi) is 5.17. The molecule has 4 heteroatoms. The van der Waals surface area contributed by atoms with Gasteiger partial charge < -0.3 is 9.47 Å². The zero-order valence-corrected chi connectivity index (χ0v) is 16.6. The Bertz CT molecular complexity index is 649. The first-order valence-electron chi connectivity index (χ1n) is 9.83. The quantitative estimate of drug-likeness (QED) is 0.415. The van der Waals surface area contributed by atoms with Crippen LogP contribution in [-0.4, -0.2) is 30.1 Å². The molecule has 0 aromatic heterocycles. The fourth-order valence-electron chi connectivity index (χ4n) is 4.90. The van der Waals surface area contributed by atoms with E-state index >= 15 is 0 Å². The van der Waals surface area contributed by atoms with Crippen molar-refractivity contribution in [3.63, 3.8) is 0 Å². The maximum atomic E-state index is 13.0. The Morgan fingerprint density at radius 1 is 1.31 bits per heavy atom. The molecule has 0 amide bonds. The van der Waals surface area contributed by atoms with Gasteiger partial charge in [0.25, 0.3) is 0 Å². The van der Waals surface area contributed by atoms with E-state index in [0.29, 0.717) is 30.1 Å². The van der Waals surface area contributed by atoms with Gasteiger partial charge in [0, 0.05) is 18.8 Å². The third-order valence-corrected chi connectivity index (χ3v) is 6.96. The average Bonchev–Trinajstić information content (AvgIpc) is 3.22. The molecular weight excluding hydrogens is 328 g/mol. The van der Waals surface area contributed by atoms with E-state index in [1.54, 1.807) is 0 Å². The number of fused-ring (bicyclic) bond motifs is 2. The first kappa shape index (κ1) is 19.3. The molecule has 0 spiro atoms. The van der Waals surface area contributed by atoms with Gasteiger partial charge in [0.2, 0.25) is 0 Å². The van der Waals surface area contributed by atoms with Crippen LogP contribution in [-0.2, 0) is 19.1 Å². The standard InChI is InChI=1S/C22H32O4/c1-14(13-25-16(3)23)6-8-19(24)21(4)12-17-15(2)7-9-20-22(5,26-20)11-10-18(17)21/h6,17-18,20H,2,7-13H2,1,3-5H3/b14-6+/t17-,18-,20-,21+,22+/m1/s1. The topological polar surface area (TPSA) is 55.9 Å². The molecule has 2 saturated carbocycles. The number of Topliss-reactive ketones (excluding diaryl/α,β-unsaturated/α-hetero) is 1. The van der Waals surface area contributed by atoms with Crippen molar-refractivity contribution in [3.8, 4) is 0 Å².